The lowest BCUT2D eigenvalue weighted by Crippen LogP contribution is -2.50. The Kier molecular flexibility index (Phi) is 6.03. The van der Waals surface area contributed by atoms with Crippen LogP contribution in [0.25, 0.3) is 17.0 Å². The van der Waals surface area contributed by atoms with Crippen LogP contribution in [0.5, 0.6) is 5.75 Å². The Hall–Kier alpha value is -3.72. The van der Waals surface area contributed by atoms with Crippen molar-refractivity contribution in [3.8, 4) is 17.1 Å². The molecule has 33 heavy (non-hydrogen) atoms. The molecule has 1 aliphatic rings. The predicted octanol–water partition coefficient (Wildman–Crippen LogP) is 3.71. The summed E-state index contributed by atoms with van der Waals surface area (Å²) in [6, 6.07) is 21.8. The summed E-state index contributed by atoms with van der Waals surface area (Å²) in [4.78, 5) is 4.46. The van der Waals surface area contributed by atoms with Gasteiger partial charge in [-0.2, -0.15) is 4.52 Å². The first-order chi connectivity index (χ1) is 16.2. The van der Waals surface area contributed by atoms with Gasteiger partial charge in [0.05, 0.1) is 6.61 Å². The maximum absolute atomic E-state index is 5.65. The Morgan fingerprint density at radius 2 is 1.70 bits per heavy atom. The highest BCUT2D eigenvalue weighted by Gasteiger charge is 2.21. The lowest BCUT2D eigenvalue weighted by Gasteiger charge is -2.36. The largest absolute Gasteiger partial charge is 0.494 e. The molecule has 0 amide bonds. The van der Waals surface area contributed by atoms with Crippen molar-refractivity contribution in [2.24, 2.45) is 0 Å². The predicted molar refractivity (Wildman–Crippen MR) is 134 cm³/mol. The molecule has 0 bridgehead atoms. The van der Waals surface area contributed by atoms with E-state index in [9.17, 15) is 0 Å². The van der Waals surface area contributed by atoms with Gasteiger partial charge in [0.2, 0.25) is 0 Å². The van der Waals surface area contributed by atoms with Crippen LogP contribution in [0.3, 0.4) is 0 Å². The van der Waals surface area contributed by atoms with Crippen LogP contribution in [-0.4, -0.2) is 62.6 Å². The quantitative estimate of drug-likeness (QED) is 0.453. The number of hydrogen-bond donors (Lipinski definition) is 1. The Morgan fingerprint density at radius 3 is 2.42 bits per heavy atom. The minimum absolute atomic E-state index is 0.655. The van der Waals surface area contributed by atoms with E-state index in [1.165, 1.54) is 0 Å². The number of anilines is 2. The lowest BCUT2D eigenvalue weighted by atomic mass is 10.2. The SMILES string of the molecule is CCOc1ccc(NC(=S)N2CCN(c3ccc4nnc(-c5ccccc5)n4n3)CC2)cc1. The maximum Gasteiger partial charge on any atom is 0.185 e. The van der Waals surface area contributed by atoms with Gasteiger partial charge in [0.1, 0.15) is 11.6 Å². The molecule has 1 saturated heterocycles. The molecular formula is C24H25N7OS. The number of nitrogens with zero attached hydrogens (tertiary/aromatic N) is 6. The van der Waals surface area contributed by atoms with Gasteiger partial charge in [-0.05, 0) is 55.5 Å². The van der Waals surface area contributed by atoms with Gasteiger partial charge in [-0.25, -0.2) is 0 Å². The minimum Gasteiger partial charge on any atom is -0.494 e. The summed E-state index contributed by atoms with van der Waals surface area (Å²) >= 11 is 5.65. The summed E-state index contributed by atoms with van der Waals surface area (Å²) in [6.07, 6.45) is 0. The molecule has 1 N–H and O–H groups in total. The van der Waals surface area contributed by atoms with Crippen LogP contribution in [0.2, 0.25) is 0 Å². The zero-order chi connectivity index (χ0) is 22.6. The Labute approximate surface area is 197 Å². The van der Waals surface area contributed by atoms with Crippen LogP contribution >= 0.6 is 12.2 Å². The molecule has 3 heterocycles. The Morgan fingerprint density at radius 1 is 0.939 bits per heavy atom. The maximum atomic E-state index is 5.65. The number of ether oxygens (including phenoxy) is 1. The standard InChI is InChI=1S/C24H25N7OS/c1-2-32-20-10-8-19(9-11-20)25-24(33)30-16-14-29(15-17-30)22-13-12-21-26-27-23(31(21)28-22)18-6-4-3-5-7-18/h3-13H,2,14-17H2,1H3,(H,25,33). The number of benzene rings is 2. The van der Waals surface area contributed by atoms with Gasteiger partial charge in [-0.1, -0.05) is 30.3 Å². The Bertz CT molecular complexity index is 1230. The van der Waals surface area contributed by atoms with E-state index in [-0.39, 0.29) is 0 Å². The third kappa shape index (κ3) is 4.58. The third-order valence-electron chi connectivity index (χ3n) is 5.59. The average Bonchev–Trinajstić information content (AvgIpc) is 3.29. The van der Waals surface area contributed by atoms with Crippen molar-refractivity contribution in [1.82, 2.24) is 24.7 Å². The second-order valence-electron chi connectivity index (χ2n) is 7.71. The fourth-order valence-corrected chi connectivity index (χ4v) is 4.16. The number of aromatic nitrogens is 4. The normalized spacial score (nSPS) is 13.8. The van der Waals surface area contributed by atoms with Crippen molar-refractivity contribution in [2.45, 2.75) is 6.92 Å². The van der Waals surface area contributed by atoms with Crippen molar-refractivity contribution < 1.29 is 4.74 Å². The smallest absolute Gasteiger partial charge is 0.185 e. The van der Waals surface area contributed by atoms with Crippen LogP contribution in [0.4, 0.5) is 11.5 Å². The van der Waals surface area contributed by atoms with Gasteiger partial charge in [-0.15, -0.1) is 15.3 Å². The summed E-state index contributed by atoms with van der Waals surface area (Å²) in [6.45, 7) is 5.91. The van der Waals surface area contributed by atoms with Crippen LogP contribution in [0, 0.1) is 0 Å². The van der Waals surface area contributed by atoms with Crippen molar-refractivity contribution in [2.75, 3.05) is 43.0 Å². The fraction of sp³-hybridized carbons (Fsp3) is 0.250. The molecule has 8 nitrogen and oxygen atoms in total. The topological polar surface area (TPSA) is 70.8 Å². The van der Waals surface area contributed by atoms with Crippen LogP contribution in [0.15, 0.2) is 66.7 Å². The van der Waals surface area contributed by atoms with Crippen LogP contribution < -0.4 is 15.0 Å². The molecule has 0 aliphatic carbocycles. The highest BCUT2D eigenvalue weighted by Crippen LogP contribution is 2.21. The zero-order valence-corrected chi connectivity index (χ0v) is 19.2. The highest BCUT2D eigenvalue weighted by molar-refractivity contribution is 7.80. The summed E-state index contributed by atoms with van der Waals surface area (Å²) in [5, 5.41) is 17.5. The molecule has 0 unspecified atom stereocenters. The van der Waals surface area contributed by atoms with E-state index in [0.717, 1.165) is 65.6 Å². The van der Waals surface area contributed by atoms with E-state index in [1.807, 2.05) is 78.2 Å². The molecule has 5 rings (SSSR count). The van der Waals surface area contributed by atoms with Gasteiger partial charge in [0.25, 0.3) is 0 Å². The van der Waals surface area contributed by atoms with E-state index in [0.29, 0.717) is 6.61 Å². The molecule has 9 heteroatoms. The molecule has 0 saturated carbocycles. The number of fused-ring (bicyclic) bond motifs is 1. The number of thiocarbonyl (C=S) groups is 1. The first-order valence-electron chi connectivity index (χ1n) is 11.0. The van der Waals surface area contributed by atoms with E-state index in [2.05, 4.69) is 25.3 Å². The van der Waals surface area contributed by atoms with E-state index >= 15 is 0 Å². The summed E-state index contributed by atoms with van der Waals surface area (Å²) in [7, 11) is 0. The van der Waals surface area contributed by atoms with Gasteiger partial charge < -0.3 is 19.9 Å². The van der Waals surface area contributed by atoms with Gasteiger partial charge in [-0.3, -0.25) is 0 Å². The minimum atomic E-state index is 0.655. The zero-order valence-electron chi connectivity index (χ0n) is 18.4. The second-order valence-corrected chi connectivity index (χ2v) is 8.10. The van der Waals surface area contributed by atoms with Crippen molar-refractivity contribution in [3.05, 3.63) is 66.7 Å². The van der Waals surface area contributed by atoms with Crippen LogP contribution in [-0.2, 0) is 0 Å². The summed E-state index contributed by atoms with van der Waals surface area (Å²) < 4.78 is 7.31. The number of nitrogens with one attached hydrogen (secondary N) is 1. The highest BCUT2D eigenvalue weighted by atomic mass is 32.1. The number of piperazine rings is 1. The molecule has 168 valence electrons. The molecule has 0 atom stereocenters. The van der Waals surface area contributed by atoms with Gasteiger partial charge in [0.15, 0.2) is 16.6 Å². The second kappa shape index (κ2) is 9.41. The molecule has 2 aromatic carbocycles. The fourth-order valence-electron chi connectivity index (χ4n) is 3.86. The van der Waals surface area contributed by atoms with E-state index in [1.54, 1.807) is 0 Å². The van der Waals surface area contributed by atoms with Gasteiger partial charge >= 0.3 is 0 Å². The van der Waals surface area contributed by atoms with Crippen molar-refractivity contribution in [3.63, 3.8) is 0 Å². The molecule has 0 spiro atoms. The lowest BCUT2D eigenvalue weighted by molar-refractivity contribution is 0.340. The first kappa shape index (κ1) is 21.1. The summed E-state index contributed by atoms with van der Waals surface area (Å²) in [5.41, 5.74) is 2.68. The number of hydrogen-bond acceptors (Lipinski definition) is 6. The van der Waals surface area contributed by atoms with E-state index < -0.39 is 0 Å². The van der Waals surface area contributed by atoms with E-state index in [4.69, 9.17) is 22.1 Å². The van der Waals surface area contributed by atoms with Crippen LogP contribution in [0.1, 0.15) is 6.92 Å². The summed E-state index contributed by atoms with van der Waals surface area (Å²) in [5.74, 6) is 2.51. The van der Waals surface area contributed by atoms with Gasteiger partial charge in [0, 0.05) is 37.4 Å². The number of rotatable bonds is 5. The molecule has 2 aromatic heterocycles. The molecule has 1 fully saturated rings. The van der Waals surface area contributed by atoms with Crippen molar-refractivity contribution >= 4 is 34.5 Å². The molecule has 0 radical (unpaired) electrons. The average molecular weight is 460 g/mol. The molecule has 4 aromatic rings. The van der Waals surface area contributed by atoms with Crippen molar-refractivity contribution in [1.29, 1.82) is 0 Å². The first-order valence-corrected chi connectivity index (χ1v) is 11.4. The molecular weight excluding hydrogens is 434 g/mol. The molecule has 1 aliphatic heterocycles. The monoisotopic (exact) mass is 459 g/mol. The Balaban J connectivity index is 1.24. The third-order valence-corrected chi connectivity index (χ3v) is 5.95.